The molecule has 0 atom stereocenters. The van der Waals surface area contributed by atoms with Crippen molar-refractivity contribution in [1.82, 2.24) is 10.3 Å². The molecule has 0 unspecified atom stereocenters. The first-order chi connectivity index (χ1) is 13.4. The highest BCUT2D eigenvalue weighted by Gasteiger charge is 2.33. The first-order valence-corrected chi connectivity index (χ1v) is 8.64. The molecule has 1 amide bonds. The molecule has 28 heavy (non-hydrogen) atoms. The lowest BCUT2D eigenvalue weighted by molar-refractivity contribution is -0.137. The number of amides is 1. The first-order valence-electron chi connectivity index (χ1n) is 8.64. The van der Waals surface area contributed by atoms with Gasteiger partial charge in [0.1, 0.15) is 6.07 Å². The minimum Gasteiger partial charge on any atom is -0.325 e. The number of pyridine rings is 1. The molecule has 3 rings (SSSR count). The maximum absolute atomic E-state index is 13.1. The van der Waals surface area contributed by atoms with Crippen molar-refractivity contribution in [2.24, 2.45) is 0 Å². The number of halogens is 3. The number of alkyl halides is 3. The molecule has 0 radical (unpaired) electrons. The summed E-state index contributed by atoms with van der Waals surface area (Å²) in [7, 11) is 0. The van der Waals surface area contributed by atoms with Gasteiger partial charge in [0.05, 0.1) is 28.9 Å². The van der Waals surface area contributed by atoms with Gasteiger partial charge in [0.2, 0.25) is 5.91 Å². The standard InChI is InChI=1S/C20H17F3N4O/c21-20(22,23)16-3-1-2-4-17(16)27-18(28)11-14-7-10-26-19(15(14)12-24)13-5-8-25-9-6-13/h1-5,7,10,25H,6,8-9,11H2,(H,27,28). The molecule has 2 N–H and O–H groups in total. The minimum absolute atomic E-state index is 0.226. The Morgan fingerprint density at radius 3 is 2.75 bits per heavy atom. The van der Waals surface area contributed by atoms with Crippen LogP contribution in [-0.4, -0.2) is 24.0 Å². The third kappa shape index (κ3) is 4.38. The van der Waals surface area contributed by atoms with E-state index in [0.717, 1.165) is 18.2 Å². The average molecular weight is 386 g/mol. The molecule has 5 nitrogen and oxygen atoms in total. The molecule has 144 valence electrons. The van der Waals surface area contributed by atoms with Gasteiger partial charge in [0.25, 0.3) is 0 Å². The van der Waals surface area contributed by atoms with E-state index in [4.69, 9.17) is 0 Å². The van der Waals surface area contributed by atoms with Crippen molar-refractivity contribution in [3.63, 3.8) is 0 Å². The topological polar surface area (TPSA) is 77.8 Å². The summed E-state index contributed by atoms with van der Waals surface area (Å²) in [6.07, 6.45) is -0.652. The van der Waals surface area contributed by atoms with Crippen LogP contribution in [0, 0.1) is 11.3 Å². The summed E-state index contributed by atoms with van der Waals surface area (Å²) in [6.45, 7) is 1.43. The van der Waals surface area contributed by atoms with Gasteiger partial charge < -0.3 is 10.6 Å². The molecular weight excluding hydrogens is 369 g/mol. The number of nitriles is 1. The van der Waals surface area contributed by atoms with Crippen LogP contribution in [0.5, 0.6) is 0 Å². The van der Waals surface area contributed by atoms with Gasteiger partial charge in [-0.2, -0.15) is 18.4 Å². The molecule has 0 spiro atoms. The van der Waals surface area contributed by atoms with Crippen LogP contribution in [0.2, 0.25) is 0 Å². The Kier molecular flexibility index (Phi) is 5.76. The molecular formula is C20H17F3N4O. The average Bonchev–Trinajstić information content (AvgIpc) is 2.68. The Morgan fingerprint density at radius 2 is 2.07 bits per heavy atom. The van der Waals surface area contributed by atoms with Gasteiger partial charge in [-0.25, -0.2) is 0 Å². The van der Waals surface area contributed by atoms with Crippen molar-refractivity contribution in [2.45, 2.75) is 19.0 Å². The highest BCUT2D eigenvalue weighted by Crippen LogP contribution is 2.34. The smallest absolute Gasteiger partial charge is 0.325 e. The van der Waals surface area contributed by atoms with Crippen molar-refractivity contribution in [2.75, 3.05) is 18.4 Å². The van der Waals surface area contributed by atoms with Crippen LogP contribution in [0.4, 0.5) is 18.9 Å². The molecule has 8 heteroatoms. The van der Waals surface area contributed by atoms with Crippen molar-refractivity contribution < 1.29 is 18.0 Å². The molecule has 2 aromatic rings. The summed E-state index contributed by atoms with van der Waals surface area (Å²) in [4.78, 5) is 16.7. The number of anilines is 1. The molecule has 0 saturated carbocycles. The maximum atomic E-state index is 13.1. The second-order valence-corrected chi connectivity index (χ2v) is 6.26. The molecule has 2 heterocycles. The fourth-order valence-corrected chi connectivity index (χ4v) is 3.06. The van der Waals surface area contributed by atoms with Crippen LogP contribution in [0.3, 0.4) is 0 Å². The van der Waals surface area contributed by atoms with Crippen LogP contribution in [-0.2, 0) is 17.4 Å². The second-order valence-electron chi connectivity index (χ2n) is 6.26. The lowest BCUT2D eigenvalue weighted by Gasteiger charge is -2.16. The van der Waals surface area contributed by atoms with E-state index in [2.05, 4.69) is 21.7 Å². The lowest BCUT2D eigenvalue weighted by atomic mass is 9.96. The summed E-state index contributed by atoms with van der Waals surface area (Å²) in [5, 5.41) is 15.0. The Bertz CT molecular complexity index is 961. The van der Waals surface area contributed by atoms with E-state index < -0.39 is 17.6 Å². The van der Waals surface area contributed by atoms with E-state index >= 15 is 0 Å². The molecule has 1 aromatic carbocycles. The number of hydrogen-bond donors (Lipinski definition) is 2. The molecule has 0 saturated heterocycles. The maximum Gasteiger partial charge on any atom is 0.418 e. The predicted molar refractivity (Wildman–Crippen MR) is 98.2 cm³/mol. The normalized spacial score (nSPS) is 14.1. The molecule has 0 aliphatic carbocycles. The number of aromatic nitrogens is 1. The highest BCUT2D eigenvalue weighted by atomic mass is 19.4. The lowest BCUT2D eigenvalue weighted by Crippen LogP contribution is -2.21. The van der Waals surface area contributed by atoms with Crippen LogP contribution in [0.1, 0.15) is 28.8 Å². The summed E-state index contributed by atoms with van der Waals surface area (Å²) in [6, 6.07) is 8.40. The molecule has 1 aromatic heterocycles. The Morgan fingerprint density at radius 1 is 1.29 bits per heavy atom. The van der Waals surface area contributed by atoms with Crippen molar-refractivity contribution >= 4 is 17.2 Å². The third-order valence-corrected chi connectivity index (χ3v) is 4.37. The first kappa shape index (κ1) is 19.6. The Balaban J connectivity index is 1.84. The number of nitrogens with zero attached hydrogens (tertiary/aromatic N) is 2. The number of benzene rings is 1. The van der Waals surface area contributed by atoms with Gasteiger partial charge in [0.15, 0.2) is 0 Å². The van der Waals surface area contributed by atoms with Crippen molar-refractivity contribution in [3.8, 4) is 6.07 Å². The van der Waals surface area contributed by atoms with Crippen molar-refractivity contribution in [3.05, 3.63) is 65.0 Å². The summed E-state index contributed by atoms with van der Waals surface area (Å²) in [5.74, 6) is -0.635. The second kappa shape index (κ2) is 8.23. The zero-order valence-corrected chi connectivity index (χ0v) is 14.8. The van der Waals surface area contributed by atoms with E-state index in [1.165, 1.54) is 24.4 Å². The van der Waals surface area contributed by atoms with Gasteiger partial charge in [-0.1, -0.05) is 18.2 Å². The molecule has 0 bridgehead atoms. The van der Waals surface area contributed by atoms with Gasteiger partial charge in [0, 0.05) is 12.7 Å². The van der Waals surface area contributed by atoms with Gasteiger partial charge >= 0.3 is 6.18 Å². The van der Waals surface area contributed by atoms with Crippen LogP contribution >= 0.6 is 0 Å². The number of carbonyl (C=O) groups is 1. The van der Waals surface area contributed by atoms with Crippen LogP contribution in [0.25, 0.3) is 5.57 Å². The summed E-state index contributed by atoms with van der Waals surface area (Å²) < 4.78 is 39.3. The van der Waals surface area contributed by atoms with Gasteiger partial charge in [-0.15, -0.1) is 0 Å². The van der Waals surface area contributed by atoms with E-state index in [9.17, 15) is 23.2 Å². The Hall–Kier alpha value is -3.18. The van der Waals surface area contributed by atoms with E-state index in [1.54, 1.807) is 6.07 Å². The summed E-state index contributed by atoms with van der Waals surface area (Å²) in [5.41, 5.74) is 0.904. The monoisotopic (exact) mass is 386 g/mol. The van der Waals surface area contributed by atoms with Crippen LogP contribution < -0.4 is 10.6 Å². The van der Waals surface area contributed by atoms with E-state index in [0.29, 0.717) is 24.2 Å². The highest BCUT2D eigenvalue weighted by molar-refractivity contribution is 5.93. The summed E-state index contributed by atoms with van der Waals surface area (Å²) >= 11 is 0. The third-order valence-electron chi connectivity index (χ3n) is 4.37. The fraction of sp³-hybridized carbons (Fsp3) is 0.250. The van der Waals surface area contributed by atoms with Crippen molar-refractivity contribution in [1.29, 1.82) is 5.26 Å². The molecule has 1 aliphatic heterocycles. The number of rotatable bonds is 4. The van der Waals surface area contributed by atoms with Gasteiger partial charge in [-0.3, -0.25) is 9.78 Å². The number of nitrogens with one attached hydrogen (secondary N) is 2. The number of carbonyl (C=O) groups excluding carboxylic acids is 1. The predicted octanol–water partition coefficient (Wildman–Crippen LogP) is 3.53. The van der Waals surface area contributed by atoms with E-state index in [1.807, 2.05) is 6.08 Å². The zero-order valence-electron chi connectivity index (χ0n) is 14.8. The Labute approximate surface area is 159 Å². The van der Waals surface area contributed by atoms with E-state index in [-0.39, 0.29) is 17.7 Å². The number of para-hydroxylation sites is 1. The SMILES string of the molecule is N#Cc1c(CC(=O)Nc2ccccc2C(F)(F)F)ccnc1C1=CCNCC1. The molecule has 1 aliphatic rings. The van der Waals surface area contributed by atoms with Crippen LogP contribution in [0.15, 0.2) is 42.6 Å². The number of hydrogen-bond acceptors (Lipinski definition) is 4. The fourth-order valence-electron chi connectivity index (χ4n) is 3.06. The molecule has 0 fully saturated rings. The minimum atomic E-state index is -4.58. The largest absolute Gasteiger partial charge is 0.418 e. The zero-order chi connectivity index (χ0) is 20.1. The van der Waals surface area contributed by atoms with Gasteiger partial charge in [-0.05, 0) is 42.3 Å². The quantitative estimate of drug-likeness (QED) is 0.843.